The SMILES string of the molecule is O=[P+](O)c1ccccc1COc1ccc(CC[As]CC(O)COc2ccc(OCc3ccccc3)cc2)cc1. The molecule has 0 saturated carbocycles. The Morgan fingerprint density at radius 3 is 1.97 bits per heavy atom. The van der Waals surface area contributed by atoms with Gasteiger partial charge in [0, 0.05) is 0 Å². The first-order valence-electron chi connectivity index (χ1n) is 12.7. The van der Waals surface area contributed by atoms with E-state index in [0.29, 0.717) is 23.2 Å². The molecule has 2 atom stereocenters. The number of hydrogen-bond acceptors (Lipinski definition) is 5. The molecule has 0 heterocycles. The summed E-state index contributed by atoms with van der Waals surface area (Å²) >= 11 is 0.00802. The zero-order valence-corrected chi connectivity index (χ0v) is 24.3. The standard InChI is InChI=1S/C31H31AsO6P/c33-27(23-38-30-16-14-29(15-17-30)36-21-25-6-2-1-3-7-25)20-32-19-18-24-10-12-28(13-11-24)37-22-26-8-4-5-9-31(26)39(34)35/h1-17,27,33H,18-23H2/p+1. The first kappa shape index (κ1) is 28.9. The molecule has 0 fully saturated rings. The number of aliphatic hydroxyl groups excluding tert-OH is 1. The van der Waals surface area contributed by atoms with Crippen molar-refractivity contribution in [2.75, 3.05) is 6.61 Å². The Bertz CT molecular complexity index is 1300. The fourth-order valence-electron chi connectivity index (χ4n) is 3.80. The van der Waals surface area contributed by atoms with E-state index in [9.17, 15) is 14.6 Å². The summed E-state index contributed by atoms with van der Waals surface area (Å²) in [5.41, 5.74) is 3.05. The van der Waals surface area contributed by atoms with Gasteiger partial charge in [-0.1, -0.05) is 18.2 Å². The van der Waals surface area contributed by atoms with Crippen molar-refractivity contribution in [2.24, 2.45) is 0 Å². The Kier molecular flexibility index (Phi) is 11.4. The van der Waals surface area contributed by atoms with Crippen LogP contribution in [-0.4, -0.2) is 38.5 Å². The third kappa shape index (κ3) is 9.84. The van der Waals surface area contributed by atoms with Gasteiger partial charge in [-0.2, -0.15) is 0 Å². The van der Waals surface area contributed by atoms with E-state index in [2.05, 4.69) is 0 Å². The molecule has 4 aromatic carbocycles. The van der Waals surface area contributed by atoms with Gasteiger partial charge in [-0.3, -0.25) is 0 Å². The topological polar surface area (TPSA) is 85.2 Å². The van der Waals surface area contributed by atoms with Crippen LogP contribution in [0.15, 0.2) is 103 Å². The Morgan fingerprint density at radius 2 is 1.28 bits per heavy atom. The molecule has 1 radical (unpaired) electrons. The maximum atomic E-state index is 11.5. The number of aryl methyl sites for hydroxylation is 1. The zero-order valence-electron chi connectivity index (χ0n) is 21.6. The van der Waals surface area contributed by atoms with Gasteiger partial charge in [0.05, 0.1) is 0 Å². The molecule has 2 N–H and O–H groups in total. The van der Waals surface area contributed by atoms with Gasteiger partial charge in [0.2, 0.25) is 0 Å². The second-order valence-corrected chi connectivity index (χ2v) is 12.6. The van der Waals surface area contributed by atoms with E-state index >= 15 is 0 Å². The van der Waals surface area contributed by atoms with Crippen LogP contribution >= 0.6 is 8.03 Å². The van der Waals surface area contributed by atoms with Crippen LogP contribution in [0, 0.1) is 0 Å². The Labute approximate surface area is 237 Å². The predicted molar refractivity (Wildman–Crippen MR) is 154 cm³/mol. The van der Waals surface area contributed by atoms with E-state index in [4.69, 9.17) is 14.2 Å². The second kappa shape index (κ2) is 15.4. The van der Waals surface area contributed by atoms with Gasteiger partial charge in [0.25, 0.3) is 0 Å². The van der Waals surface area contributed by atoms with Crippen molar-refractivity contribution in [1.82, 2.24) is 0 Å². The van der Waals surface area contributed by atoms with Gasteiger partial charge < -0.3 is 0 Å². The Morgan fingerprint density at radius 1 is 0.692 bits per heavy atom. The van der Waals surface area contributed by atoms with Crippen molar-refractivity contribution in [2.45, 2.75) is 36.2 Å². The summed E-state index contributed by atoms with van der Waals surface area (Å²) in [5, 5.41) is 12.6. The summed E-state index contributed by atoms with van der Waals surface area (Å²) in [6.07, 6.45) is 0.471. The first-order chi connectivity index (χ1) is 19.1. The maximum absolute atomic E-state index is 11.5. The third-order valence-electron chi connectivity index (χ3n) is 5.93. The van der Waals surface area contributed by atoms with Crippen LogP contribution in [0.2, 0.25) is 10.4 Å². The molecule has 39 heavy (non-hydrogen) atoms. The third-order valence-corrected chi connectivity index (χ3v) is 9.34. The van der Waals surface area contributed by atoms with Gasteiger partial charge in [0.1, 0.15) is 0 Å². The summed E-state index contributed by atoms with van der Waals surface area (Å²) in [7, 11) is -2.40. The normalized spacial score (nSPS) is 12.3. The van der Waals surface area contributed by atoms with Crippen molar-refractivity contribution in [3.63, 3.8) is 0 Å². The van der Waals surface area contributed by atoms with Crippen LogP contribution in [0.3, 0.4) is 0 Å². The van der Waals surface area contributed by atoms with Crippen LogP contribution < -0.4 is 19.5 Å². The fourth-order valence-corrected chi connectivity index (χ4v) is 6.50. The number of aliphatic hydroxyl groups is 1. The quantitative estimate of drug-likeness (QED) is 0.102. The molecular formula is C31H32AsO6P+. The summed E-state index contributed by atoms with van der Waals surface area (Å²) in [4.78, 5) is 9.44. The summed E-state index contributed by atoms with van der Waals surface area (Å²) in [5.74, 6) is 2.22. The van der Waals surface area contributed by atoms with Gasteiger partial charge in [0.15, 0.2) is 0 Å². The predicted octanol–water partition coefficient (Wildman–Crippen LogP) is 5.73. The molecule has 201 valence electrons. The minimum absolute atomic E-state index is 0.00802. The second-order valence-electron chi connectivity index (χ2n) is 8.92. The fraction of sp³-hybridized carbons (Fsp3) is 0.226. The molecule has 2 unspecified atom stereocenters. The molecule has 0 saturated heterocycles. The van der Waals surface area contributed by atoms with Crippen molar-refractivity contribution >= 4 is 29.1 Å². The first-order valence-corrected chi connectivity index (χ1v) is 16.6. The number of benzene rings is 4. The van der Waals surface area contributed by atoms with E-state index < -0.39 is 14.1 Å². The molecule has 0 aromatic heterocycles. The van der Waals surface area contributed by atoms with Gasteiger partial charge in [-0.05, 0) is 0 Å². The van der Waals surface area contributed by atoms with Gasteiger partial charge in [-0.15, -0.1) is 0 Å². The average Bonchev–Trinajstić information content (AvgIpc) is 2.98. The summed E-state index contributed by atoms with van der Waals surface area (Å²) in [6, 6.07) is 32.5. The monoisotopic (exact) mass is 606 g/mol. The summed E-state index contributed by atoms with van der Waals surface area (Å²) < 4.78 is 28.8. The van der Waals surface area contributed by atoms with Crippen molar-refractivity contribution in [1.29, 1.82) is 0 Å². The Balaban J connectivity index is 1.10. The molecule has 0 bridgehead atoms. The molecule has 6 nitrogen and oxygen atoms in total. The van der Waals surface area contributed by atoms with Crippen molar-refractivity contribution < 1.29 is 28.8 Å². The molecule has 0 aliphatic heterocycles. The van der Waals surface area contributed by atoms with Gasteiger partial charge >= 0.3 is 219 Å². The molecule has 0 amide bonds. The van der Waals surface area contributed by atoms with E-state index in [0.717, 1.165) is 33.9 Å². The number of hydrogen-bond donors (Lipinski definition) is 2. The van der Waals surface area contributed by atoms with Crippen LogP contribution in [0.4, 0.5) is 0 Å². The zero-order chi connectivity index (χ0) is 27.3. The molecule has 0 spiro atoms. The van der Waals surface area contributed by atoms with Crippen LogP contribution in [0.25, 0.3) is 0 Å². The molecule has 0 aliphatic rings. The molecule has 4 rings (SSSR count). The van der Waals surface area contributed by atoms with Crippen LogP contribution in [-0.2, 0) is 24.2 Å². The molecule has 8 heteroatoms. The van der Waals surface area contributed by atoms with E-state index in [1.807, 2.05) is 84.9 Å². The number of ether oxygens (including phenoxy) is 3. The summed E-state index contributed by atoms with van der Waals surface area (Å²) in [6.45, 7) is 1.04. The van der Waals surface area contributed by atoms with Gasteiger partial charge in [-0.25, -0.2) is 0 Å². The van der Waals surface area contributed by atoms with Crippen molar-refractivity contribution in [3.8, 4) is 17.2 Å². The Hall–Kier alpha value is -3.14. The van der Waals surface area contributed by atoms with E-state index in [-0.39, 0.29) is 29.0 Å². The average molecular weight is 606 g/mol. The van der Waals surface area contributed by atoms with E-state index in [1.54, 1.807) is 18.2 Å². The minimum atomic E-state index is -2.40. The molecule has 4 aromatic rings. The van der Waals surface area contributed by atoms with Crippen molar-refractivity contribution in [3.05, 3.63) is 120 Å². The molecule has 0 aliphatic carbocycles. The molecular weight excluding hydrogens is 574 g/mol. The van der Waals surface area contributed by atoms with E-state index in [1.165, 1.54) is 5.56 Å². The van der Waals surface area contributed by atoms with Crippen LogP contribution in [0.1, 0.15) is 16.7 Å². The number of rotatable bonds is 15. The van der Waals surface area contributed by atoms with Crippen LogP contribution in [0.5, 0.6) is 17.2 Å².